The summed E-state index contributed by atoms with van der Waals surface area (Å²) in [4.78, 5) is 15.6. The lowest BCUT2D eigenvalue weighted by molar-refractivity contribution is 0.186. The van der Waals surface area contributed by atoms with Gasteiger partial charge in [0, 0.05) is 33.2 Å². The van der Waals surface area contributed by atoms with Crippen LogP contribution < -0.4 is 4.90 Å². The van der Waals surface area contributed by atoms with Crippen LogP contribution in [0.3, 0.4) is 0 Å². The lowest BCUT2D eigenvalue weighted by Crippen LogP contribution is -2.50. The van der Waals surface area contributed by atoms with E-state index in [0.717, 1.165) is 56.2 Å². The summed E-state index contributed by atoms with van der Waals surface area (Å²) in [5, 5.41) is 5.92. The Bertz CT molecular complexity index is 725. The molecule has 2 aliphatic heterocycles. The zero-order valence-corrected chi connectivity index (χ0v) is 13.9. The standard InChI is InChI=1S/C14H19N7OS/c1-18-12-11(8-17-18)13(16-9-15-12)20-4-2-19(3-5-20)10-21-6-7-22-14(21)23/h8-9H,2-7,10H2,1H3. The average Bonchev–Trinajstić information content (AvgIpc) is 3.15. The lowest BCUT2D eigenvalue weighted by atomic mass is 10.3. The summed E-state index contributed by atoms with van der Waals surface area (Å²) < 4.78 is 7.12. The number of ether oxygens (including phenoxy) is 1. The van der Waals surface area contributed by atoms with Crippen LogP contribution >= 0.6 is 12.2 Å². The van der Waals surface area contributed by atoms with Gasteiger partial charge in [0.15, 0.2) is 5.65 Å². The minimum Gasteiger partial charge on any atom is -0.469 e. The Morgan fingerprint density at radius 1 is 1.17 bits per heavy atom. The van der Waals surface area contributed by atoms with Gasteiger partial charge in [-0.3, -0.25) is 9.58 Å². The molecule has 0 amide bonds. The molecule has 122 valence electrons. The molecule has 0 radical (unpaired) electrons. The van der Waals surface area contributed by atoms with E-state index in [1.54, 1.807) is 11.0 Å². The first-order valence-electron chi connectivity index (χ1n) is 7.74. The molecule has 8 nitrogen and oxygen atoms in total. The predicted molar refractivity (Wildman–Crippen MR) is 90.2 cm³/mol. The molecule has 0 aromatic carbocycles. The van der Waals surface area contributed by atoms with Crippen LogP contribution in [0.1, 0.15) is 0 Å². The summed E-state index contributed by atoms with van der Waals surface area (Å²) in [6.07, 6.45) is 3.46. The van der Waals surface area contributed by atoms with E-state index in [1.165, 1.54) is 0 Å². The zero-order valence-electron chi connectivity index (χ0n) is 13.1. The first-order chi connectivity index (χ1) is 11.2. The van der Waals surface area contributed by atoms with Crippen LogP contribution in [0.2, 0.25) is 0 Å². The van der Waals surface area contributed by atoms with Gasteiger partial charge in [-0.2, -0.15) is 5.10 Å². The average molecular weight is 333 g/mol. The van der Waals surface area contributed by atoms with Gasteiger partial charge in [-0.1, -0.05) is 0 Å². The van der Waals surface area contributed by atoms with Crippen LogP contribution in [0.5, 0.6) is 0 Å². The number of aromatic nitrogens is 4. The van der Waals surface area contributed by atoms with Gasteiger partial charge < -0.3 is 14.5 Å². The van der Waals surface area contributed by atoms with Crippen molar-refractivity contribution in [1.82, 2.24) is 29.5 Å². The van der Waals surface area contributed by atoms with Crippen molar-refractivity contribution in [1.29, 1.82) is 0 Å². The molecule has 0 N–H and O–H groups in total. The van der Waals surface area contributed by atoms with Gasteiger partial charge in [-0.05, 0) is 12.2 Å². The molecule has 0 unspecified atom stereocenters. The number of hydrogen-bond acceptors (Lipinski definition) is 7. The molecule has 9 heteroatoms. The number of anilines is 1. The van der Waals surface area contributed by atoms with Gasteiger partial charge >= 0.3 is 0 Å². The van der Waals surface area contributed by atoms with Gasteiger partial charge in [0.05, 0.1) is 24.8 Å². The Labute approximate surface area is 139 Å². The molecular weight excluding hydrogens is 314 g/mol. The zero-order chi connectivity index (χ0) is 15.8. The molecule has 23 heavy (non-hydrogen) atoms. The normalized spacial score (nSPS) is 19.6. The summed E-state index contributed by atoms with van der Waals surface area (Å²) in [5.74, 6) is 0.975. The number of rotatable bonds is 3. The van der Waals surface area contributed by atoms with Gasteiger partial charge in [0.1, 0.15) is 18.8 Å². The van der Waals surface area contributed by atoms with E-state index in [1.807, 2.05) is 13.2 Å². The molecule has 4 rings (SSSR count). The maximum absolute atomic E-state index is 5.34. The van der Waals surface area contributed by atoms with Crippen molar-refractivity contribution in [2.45, 2.75) is 0 Å². The number of thiocarbonyl (C=S) groups is 1. The Morgan fingerprint density at radius 3 is 2.74 bits per heavy atom. The molecule has 0 aliphatic carbocycles. The fraction of sp³-hybridized carbons (Fsp3) is 0.571. The molecule has 2 aromatic heterocycles. The number of hydrogen-bond donors (Lipinski definition) is 0. The first-order valence-corrected chi connectivity index (χ1v) is 8.15. The minimum atomic E-state index is 0.625. The number of fused-ring (bicyclic) bond motifs is 1. The summed E-state index contributed by atoms with van der Waals surface area (Å²) in [6.45, 7) is 6.26. The van der Waals surface area contributed by atoms with Crippen molar-refractivity contribution in [2.24, 2.45) is 7.05 Å². The smallest absolute Gasteiger partial charge is 0.260 e. The van der Waals surface area contributed by atoms with Crippen LogP contribution in [-0.2, 0) is 11.8 Å². The van der Waals surface area contributed by atoms with E-state index in [0.29, 0.717) is 11.8 Å². The van der Waals surface area contributed by atoms with Crippen LogP contribution in [0.25, 0.3) is 11.0 Å². The summed E-state index contributed by atoms with van der Waals surface area (Å²) in [5.41, 5.74) is 0.872. The van der Waals surface area contributed by atoms with Gasteiger partial charge in [-0.15, -0.1) is 0 Å². The van der Waals surface area contributed by atoms with Gasteiger partial charge in [0.2, 0.25) is 0 Å². The molecule has 0 atom stereocenters. The monoisotopic (exact) mass is 333 g/mol. The van der Waals surface area contributed by atoms with E-state index in [2.05, 4.69) is 29.8 Å². The molecule has 2 saturated heterocycles. The van der Waals surface area contributed by atoms with Crippen molar-refractivity contribution >= 4 is 34.2 Å². The fourth-order valence-electron chi connectivity index (χ4n) is 3.10. The summed E-state index contributed by atoms with van der Waals surface area (Å²) in [7, 11) is 1.90. The Kier molecular flexibility index (Phi) is 3.74. The molecule has 0 saturated carbocycles. The Morgan fingerprint density at radius 2 is 2.00 bits per heavy atom. The Hall–Kier alpha value is -2.00. The van der Waals surface area contributed by atoms with Crippen molar-refractivity contribution in [2.75, 3.05) is 50.9 Å². The molecular formula is C14H19N7OS. The Balaban J connectivity index is 1.43. The highest BCUT2D eigenvalue weighted by Gasteiger charge is 2.25. The quantitative estimate of drug-likeness (QED) is 0.731. The highest BCUT2D eigenvalue weighted by Crippen LogP contribution is 2.23. The number of nitrogens with zero attached hydrogens (tertiary/aromatic N) is 7. The van der Waals surface area contributed by atoms with Crippen molar-refractivity contribution < 1.29 is 4.74 Å². The molecule has 2 aromatic rings. The highest BCUT2D eigenvalue weighted by molar-refractivity contribution is 7.80. The van der Waals surface area contributed by atoms with Crippen LogP contribution in [0, 0.1) is 0 Å². The van der Waals surface area contributed by atoms with E-state index in [9.17, 15) is 0 Å². The SMILES string of the molecule is Cn1ncc2c(N3CCN(CN4CCOC4=S)CC3)ncnc21. The third kappa shape index (κ3) is 2.70. The third-order valence-electron chi connectivity index (χ3n) is 4.40. The van der Waals surface area contributed by atoms with Gasteiger partial charge in [-0.25, -0.2) is 9.97 Å². The lowest BCUT2D eigenvalue weighted by Gasteiger charge is -2.37. The second-order valence-electron chi connectivity index (χ2n) is 5.83. The van der Waals surface area contributed by atoms with E-state index >= 15 is 0 Å². The third-order valence-corrected chi connectivity index (χ3v) is 4.77. The predicted octanol–water partition coefficient (Wildman–Crippen LogP) is 0.0599. The molecule has 0 spiro atoms. The second-order valence-corrected chi connectivity index (χ2v) is 6.18. The maximum atomic E-state index is 5.34. The van der Waals surface area contributed by atoms with Crippen molar-refractivity contribution in [3.05, 3.63) is 12.5 Å². The number of aryl methyl sites for hydroxylation is 1. The summed E-state index contributed by atoms with van der Waals surface area (Å²) >= 11 is 5.20. The van der Waals surface area contributed by atoms with Crippen LogP contribution in [0.15, 0.2) is 12.5 Å². The van der Waals surface area contributed by atoms with Crippen molar-refractivity contribution in [3.63, 3.8) is 0 Å². The molecule has 2 aliphatic rings. The second kappa shape index (κ2) is 5.89. The van der Waals surface area contributed by atoms with E-state index < -0.39 is 0 Å². The van der Waals surface area contributed by atoms with Crippen LogP contribution in [0.4, 0.5) is 5.82 Å². The van der Waals surface area contributed by atoms with E-state index in [-0.39, 0.29) is 0 Å². The first kappa shape index (κ1) is 14.6. The number of piperazine rings is 1. The fourth-order valence-corrected chi connectivity index (χ4v) is 3.33. The summed E-state index contributed by atoms with van der Waals surface area (Å²) in [6, 6.07) is 0. The molecule has 2 fully saturated rings. The molecule has 0 bridgehead atoms. The largest absolute Gasteiger partial charge is 0.469 e. The van der Waals surface area contributed by atoms with Crippen molar-refractivity contribution in [3.8, 4) is 0 Å². The highest BCUT2D eigenvalue weighted by atomic mass is 32.1. The van der Waals surface area contributed by atoms with E-state index in [4.69, 9.17) is 17.0 Å². The van der Waals surface area contributed by atoms with Gasteiger partial charge in [0.25, 0.3) is 5.17 Å². The van der Waals surface area contributed by atoms with Crippen LogP contribution in [-0.4, -0.2) is 80.7 Å². The topological polar surface area (TPSA) is 62.6 Å². The minimum absolute atomic E-state index is 0.625. The molecule has 4 heterocycles. The maximum Gasteiger partial charge on any atom is 0.260 e.